The Balaban J connectivity index is 1.74. The molecule has 5 heteroatoms. The van der Waals surface area contributed by atoms with Gasteiger partial charge in [-0.05, 0) is 45.7 Å². The molecule has 0 aliphatic carbocycles. The second kappa shape index (κ2) is 7.80. The highest BCUT2D eigenvalue weighted by Gasteiger charge is 2.37. The minimum Gasteiger partial charge on any atom is -0.375 e. The molecule has 0 aromatic carbocycles. The summed E-state index contributed by atoms with van der Waals surface area (Å²) in [4.78, 5) is 16.8. The van der Waals surface area contributed by atoms with Gasteiger partial charge in [0.05, 0.1) is 13.2 Å². The zero-order chi connectivity index (χ0) is 15.2. The van der Waals surface area contributed by atoms with E-state index in [9.17, 15) is 4.79 Å². The van der Waals surface area contributed by atoms with Crippen LogP contribution in [-0.4, -0.2) is 68.3 Å². The van der Waals surface area contributed by atoms with Crippen molar-refractivity contribution in [2.24, 2.45) is 5.92 Å². The molecule has 0 saturated carbocycles. The average Bonchev–Trinajstić information content (AvgIpc) is 2.45. The van der Waals surface area contributed by atoms with Crippen LogP contribution >= 0.6 is 0 Å². The maximum atomic E-state index is 12.4. The monoisotopic (exact) mass is 295 g/mol. The molecule has 2 aliphatic heterocycles. The Hall–Kier alpha value is -1.07. The largest absolute Gasteiger partial charge is 0.375 e. The van der Waals surface area contributed by atoms with Gasteiger partial charge in [-0.1, -0.05) is 12.2 Å². The molecule has 2 rings (SSSR count). The van der Waals surface area contributed by atoms with Gasteiger partial charge in [0, 0.05) is 25.7 Å². The van der Waals surface area contributed by atoms with E-state index in [1.54, 1.807) is 0 Å². The van der Waals surface area contributed by atoms with Gasteiger partial charge in [0.1, 0.15) is 0 Å². The second-order valence-electron chi connectivity index (χ2n) is 6.46. The fourth-order valence-electron chi connectivity index (χ4n) is 3.42. The van der Waals surface area contributed by atoms with E-state index in [1.165, 1.54) is 6.42 Å². The molecule has 2 aliphatic rings. The second-order valence-corrected chi connectivity index (χ2v) is 6.46. The molecule has 120 valence electrons. The van der Waals surface area contributed by atoms with Gasteiger partial charge in [-0.2, -0.15) is 0 Å². The first-order chi connectivity index (χ1) is 10.1. The number of carbonyl (C=O) groups is 1. The van der Waals surface area contributed by atoms with Crippen molar-refractivity contribution in [2.45, 2.75) is 32.2 Å². The van der Waals surface area contributed by atoms with Crippen LogP contribution in [0.2, 0.25) is 0 Å². The zero-order valence-electron chi connectivity index (χ0n) is 13.4. The summed E-state index contributed by atoms with van der Waals surface area (Å²) in [5.74, 6) is 0.642. The van der Waals surface area contributed by atoms with E-state index in [0.717, 1.165) is 38.0 Å². The highest BCUT2D eigenvalue weighted by molar-refractivity contribution is 5.74. The standard InChI is InChI=1S/C16H29N3O2/c1-13(2)12-21-10-7-17-16(20)19-8-4-5-14-11-18(3)9-6-15(14)19/h14-15H,1,4-12H2,2-3H3,(H,17,20)/t14-,15-/m1/s1. The summed E-state index contributed by atoms with van der Waals surface area (Å²) < 4.78 is 5.41. The summed E-state index contributed by atoms with van der Waals surface area (Å²) in [5, 5.41) is 2.99. The highest BCUT2D eigenvalue weighted by atomic mass is 16.5. The average molecular weight is 295 g/mol. The van der Waals surface area contributed by atoms with E-state index < -0.39 is 0 Å². The van der Waals surface area contributed by atoms with Crippen molar-refractivity contribution < 1.29 is 9.53 Å². The van der Waals surface area contributed by atoms with Gasteiger partial charge in [0.25, 0.3) is 0 Å². The minimum atomic E-state index is 0.0770. The van der Waals surface area contributed by atoms with Gasteiger partial charge in [-0.15, -0.1) is 0 Å². The number of amides is 2. The topological polar surface area (TPSA) is 44.8 Å². The van der Waals surface area contributed by atoms with Crippen molar-refractivity contribution in [3.63, 3.8) is 0 Å². The molecule has 2 atom stereocenters. The van der Waals surface area contributed by atoms with Crippen LogP contribution in [0.3, 0.4) is 0 Å². The molecule has 0 radical (unpaired) electrons. The van der Waals surface area contributed by atoms with Crippen molar-refractivity contribution in [1.29, 1.82) is 0 Å². The van der Waals surface area contributed by atoms with Crippen LogP contribution < -0.4 is 5.32 Å². The minimum absolute atomic E-state index is 0.0770. The number of nitrogens with zero attached hydrogens (tertiary/aromatic N) is 2. The van der Waals surface area contributed by atoms with Crippen molar-refractivity contribution >= 4 is 6.03 Å². The molecule has 0 spiro atoms. The molecule has 2 saturated heterocycles. The number of rotatable bonds is 5. The summed E-state index contributed by atoms with van der Waals surface area (Å²) in [5.41, 5.74) is 1.01. The number of hydrogen-bond acceptors (Lipinski definition) is 3. The lowest BCUT2D eigenvalue weighted by Gasteiger charge is -2.46. The number of urea groups is 1. The summed E-state index contributed by atoms with van der Waals surface area (Å²) in [6.07, 6.45) is 3.47. The van der Waals surface area contributed by atoms with Crippen LogP contribution in [0.25, 0.3) is 0 Å². The maximum Gasteiger partial charge on any atom is 0.317 e. The van der Waals surface area contributed by atoms with Crippen LogP contribution in [-0.2, 0) is 4.74 Å². The number of nitrogens with one attached hydrogen (secondary N) is 1. The van der Waals surface area contributed by atoms with Crippen LogP contribution in [0.15, 0.2) is 12.2 Å². The van der Waals surface area contributed by atoms with Gasteiger partial charge in [0.2, 0.25) is 0 Å². The fraction of sp³-hybridized carbons (Fsp3) is 0.812. The third kappa shape index (κ3) is 4.71. The van der Waals surface area contributed by atoms with E-state index >= 15 is 0 Å². The normalized spacial score (nSPS) is 26.3. The number of ether oxygens (including phenoxy) is 1. The van der Waals surface area contributed by atoms with Crippen LogP contribution in [0.1, 0.15) is 26.2 Å². The quantitative estimate of drug-likeness (QED) is 0.620. The molecule has 0 bridgehead atoms. The van der Waals surface area contributed by atoms with E-state index in [0.29, 0.717) is 31.7 Å². The van der Waals surface area contributed by atoms with Crippen LogP contribution in [0.4, 0.5) is 4.79 Å². The van der Waals surface area contributed by atoms with E-state index in [1.807, 2.05) is 6.92 Å². The summed E-state index contributed by atoms with van der Waals surface area (Å²) >= 11 is 0. The summed E-state index contributed by atoms with van der Waals surface area (Å²) in [6, 6.07) is 0.500. The van der Waals surface area contributed by atoms with E-state index in [-0.39, 0.29) is 6.03 Å². The van der Waals surface area contributed by atoms with Crippen molar-refractivity contribution in [2.75, 3.05) is 46.4 Å². The zero-order valence-corrected chi connectivity index (χ0v) is 13.4. The van der Waals surface area contributed by atoms with Crippen molar-refractivity contribution in [3.05, 3.63) is 12.2 Å². The Morgan fingerprint density at radius 1 is 1.38 bits per heavy atom. The number of fused-ring (bicyclic) bond motifs is 1. The van der Waals surface area contributed by atoms with Crippen LogP contribution in [0.5, 0.6) is 0 Å². The number of carbonyl (C=O) groups excluding carboxylic acids is 1. The third-order valence-electron chi connectivity index (χ3n) is 4.40. The molecule has 0 aromatic heterocycles. The molecule has 21 heavy (non-hydrogen) atoms. The first-order valence-corrected chi connectivity index (χ1v) is 8.03. The Morgan fingerprint density at radius 3 is 2.95 bits per heavy atom. The van der Waals surface area contributed by atoms with E-state index in [4.69, 9.17) is 4.74 Å². The fourth-order valence-corrected chi connectivity index (χ4v) is 3.42. The van der Waals surface area contributed by atoms with Gasteiger partial charge in [-0.25, -0.2) is 4.79 Å². The lowest BCUT2D eigenvalue weighted by Crippen LogP contribution is -2.57. The van der Waals surface area contributed by atoms with Gasteiger partial charge in [0.15, 0.2) is 0 Å². The maximum absolute atomic E-state index is 12.4. The molecule has 2 heterocycles. The number of piperidine rings is 2. The predicted octanol–water partition coefficient (Wildman–Crippen LogP) is 1.70. The lowest BCUT2D eigenvalue weighted by molar-refractivity contribution is 0.0524. The Labute approximate surface area is 128 Å². The number of likely N-dealkylation sites (tertiary alicyclic amines) is 2. The first-order valence-electron chi connectivity index (χ1n) is 8.03. The first kappa shape index (κ1) is 16.3. The molecule has 0 aromatic rings. The SMILES string of the molecule is C=C(C)COCCNC(=O)N1CCC[C@@H]2CN(C)CC[C@H]21. The van der Waals surface area contributed by atoms with Gasteiger partial charge < -0.3 is 19.9 Å². The Kier molecular flexibility index (Phi) is 6.06. The summed E-state index contributed by atoms with van der Waals surface area (Å²) in [7, 11) is 2.17. The smallest absolute Gasteiger partial charge is 0.317 e. The molecular formula is C16H29N3O2. The van der Waals surface area contributed by atoms with E-state index in [2.05, 4.69) is 28.7 Å². The molecule has 1 N–H and O–H groups in total. The van der Waals surface area contributed by atoms with Crippen molar-refractivity contribution in [1.82, 2.24) is 15.1 Å². The number of hydrogen-bond donors (Lipinski definition) is 1. The summed E-state index contributed by atoms with van der Waals surface area (Å²) in [6.45, 7) is 10.5. The van der Waals surface area contributed by atoms with Crippen LogP contribution in [0, 0.1) is 5.92 Å². The molecule has 2 fully saturated rings. The Bertz CT molecular complexity index is 373. The van der Waals surface area contributed by atoms with Gasteiger partial charge >= 0.3 is 6.03 Å². The third-order valence-corrected chi connectivity index (χ3v) is 4.40. The molecule has 0 unspecified atom stereocenters. The van der Waals surface area contributed by atoms with Gasteiger partial charge in [-0.3, -0.25) is 0 Å². The molecular weight excluding hydrogens is 266 g/mol. The van der Waals surface area contributed by atoms with Crippen molar-refractivity contribution in [3.8, 4) is 0 Å². The Morgan fingerprint density at radius 2 is 2.19 bits per heavy atom. The predicted molar refractivity (Wildman–Crippen MR) is 84.4 cm³/mol. The molecule has 5 nitrogen and oxygen atoms in total. The highest BCUT2D eigenvalue weighted by Crippen LogP contribution is 2.29. The molecule has 2 amide bonds. The lowest BCUT2D eigenvalue weighted by atomic mass is 9.84.